The Bertz CT molecular complexity index is 179. The Morgan fingerprint density at radius 3 is 2.36 bits per heavy atom. The predicted molar refractivity (Wildman–Crippen MR) is 59.3 cm³/mol. The molecule has 0 spiro atoms. The molecule has 14 heavy (non-hydrogen) atoms. The molecule has 1 aliphatic heterocycles. The average Bonchev–Trinajstić information content (AvgIpc) is 2.17. The van der Waals surface area contributed by atoms with E-state index in [0.717, 1.165) is 32.5 Å². The molecule has 1 fully saturated rings. The summed E-state index contributed by atoms with van der Waals surface area (Å²) in [6.45, 7) is 4.11. The maximum absolute atomic E-state index is 11.5. The molecule has 0 bridgehead atoms. The van der Waals surface area contributed by atoms with E-state index in [0.29, 0.717) is 5.92 Å². The van der Waals surface area contributed by atoms with Gasteiger partial charge in [0, 0.05) is 13.1 Å². The smallest absolute Gasteiger partial charge is 0.239 e. The quantitative estimate of drug-likeness (QED) is 0.687. The fraction of sp³-hybridized carbons (Fsp3) is 0.889. The third kappa shape index (κ3) is 3.44. The van der Waals surface area contributed by atoms with Crippen LogP contribution in [0.3, 0.4) is 0 Å². The maximum Gasteiger partial charge on any atom is 0.239 e. The fourth-order valence-electron chi connectivity index (χ4n) is 1.68. The molecule has 1 saturated heterocycles. The Hall–Kier alpha value is -0.320. The van der Waals surface area contributed by atoms with Crippen LogP contribution >= 0.6 is 12.4 Å². The predicted octanol–water partition coefficient (Wildman–Crippen LogP) is -0.0473. The van der Waals surface area contributed by atoms with Crippen molar-refractivity contribution in [3.05, 3.63) is 0 Å². The van der Waals surface area contributed by atoms with Gasteiger partial charge in [0.25, 0.3) is 0 Å². The van der Waals surface area contributed by atoms with Crippen LogP contribution in [0, 0.1) is 5.92 Å². The van der Waals surface area contributed by atoms with Crippen molar-refractivity contribution in [1.82, 2.24) is 4.90 Å². The normalized spacial score (nSPS) is 20.1. The number of hydrogen-bond donors (Lipinski definition) is 2. The maximum atomic E-state index is 11.5. The lowest BCUT2D eigenvalue weighted by atomic mass is 9.97. The largest absolute Gasteiger partial charge is 0.341 e. The summed E-state index contributed by atoms with van der Waals surface area (Å²) in [7, 11) is 0. The Morgan fingerprint density at radius 1 is 1.50 bits per heavy atom. The Labute approximate surface area is 91.4 Å². The summed E-state index contributed by atoms with van der Waals surface area (Å²) in [6.07, 6.45) is 2.05. The number of hydrogen-bond acceptors (Lipinski definition) is 3. The van der Waals surface area contributed by atoms with E-state index in [1.807, 2.05) is 4.90 Å². The Morgan fingerprint density at radius 2 is 2.00 bits per heavy atom. The number of nitrogens with zero attached hydrogens (tertiary/aromatic N) is 1. The summed E-state index contributed by atoms with van der Waals surface area (Å²) < 4.78 is 0. The standard InChI is InChI=1S/C9H19N3O.ClH/c1-7(11)9(13)12-4-2-8(6-10)3-5-12;/h7-8H,2-6,10-11H2,1H3;1H/t7-;/m1./s1. The minimum atomic E-state index is -0.366. The molecule has 4 nitrogen and oxygen atoms in total. The molecule has 1 amide bonds. The van der Waals surface area contributed by atoms with E-state index < -0.39 is 0 Å². The van der Waals surface area contributed by atoms with Crippen LogP contribution in [-0.2, 0) is 4.79 Å². The summed E-state index contributed by atoms with van der Waals surface area (Å²) in [4.78, 5) is 13.3. The van der Waals surface area contributed by atoms with E-state index in [1.54, 1.807) is 6.92 Å². The van der Waals surface area contributed by atoms with Crippen molar-refractivity contribution in [2.24, 2.45) is 17.4 Å². The van der Waals surface area contributed by atoms with Crippen LogP contribution in [0.25, 0.3) is 0 Å². The van der Waals surface area contributed by atoms with Gasteiger partial charge in [0.05, 0.1) is 6.04 Å². The van der Waals surface area contributed by atoms with Crippen LogP contribution in [0.2, 0.25) is 0 Å². The average molecular weight is 222 g/mol. The minimum absolute atomic E-state index is 0. The van der Waals surface area contributed by atoms with E-state index in [2.05, 4.69) is 0 Å². The van der Waals surface area contributed by atoms with Crippen molar-refractivity contribution in [1.29, 1.82) is 0 Å². The van der Waals surface area contributed by atoms with Crippen LogP contribution < -0.4 is 11.5 Å². The first-order valence-electron chi connectivity index (χ1n) is 4.89. The molecule has 1 rings (SSSR count). The fourth-order valence-corrected chi connectivity index (χ4v) is 1.68. The van der Waals surface area contributed by atoms with Crippen molar-refractivity contribution >= 4 is 18.3 Å². The molecule has 0 radical (unpaired) electrons. The highest BCUT2D eigenvalue weighted by atomic mass is 35.5. The third-order valence-corrected chi connectivity index (χ3v) is 2.65. The lowest BCUT2D eigenvalue weighted by Crippen LogP contribution is -2.46. The van der Waals surface area contributed by atoms with E-state index in [9.17, 15) is 4.79 Å². The first-order chi connectivity index (χ1) is 6.15. The molecule has 0 aliphatic carbocycles. The number of nitrogens with two attached hydrogens (primary N) is 2. The number of carbonyl (C=O) groups is 1. The van der Waals surface area contributed by atoms with E-state index in [1.165, 1.54) is 0 Å². The number of likely N-dealkylation sites (tertiary alicyclic amines) is 1. The van der Waals surface area contributed by atoms with Crippen molar-refractivity contribution in [3.63, 3.8) is 0 Å². The van der Waals surface area contributed by atoms with Gasteiger partial charge in [0.2, 0.25) is 5.91 Å². The molecular weight excluding hydrogens is 202 g/mol. The molecule has 1 heterocycles. The number of rotatable bonds is 2. The zero-order valence-corrected chi connectivity index (χ0v) is 9.43. The van der Waals surface area contributed by atoms with Crippen LogP contribution in [0.5, 0.6) is 0 Å². The molecular formula is C9H20ClN3O. The Kier molecular flexibility index (Phi) is 6.08. The van der Waals surface area contributed by atoms with Crippen molar-refractivity contribution in [3.8, 4) is 0 Å². The number of carbonyl (C=O) groups excluding carboxylic acids is 1. The highest BCUT2D eigenvalue weighted by molar-refractivity contribution is 5.85. The van der Waals surface area contributed by atoms with Gasteiger partial charge in [-0.3, -0.25) is 4.79 Å². The lowest BCUT2D eigenvalue weighted by molar-refractivity contribution is -0.133. The molecule has 0 saturated carbocycles. The summed E-state index contributed by atoms with van der Waals surface area (Å²) in [5, 5.41) is 0. The minimum Gasteiger partial charge on any atom is -0.341 e. The van der Waals surface area contributed by atoms with Gasteiger partial charge < -0.3 is 16.4 Å². The molecule has 5 heteroatoms. The van der Waals surface area contributed by atoms with Crippen LogP contribution in [0.4, 0.5) is 0 Å². The van der Waals surface area contributed by atoms with E-state index in [-0.39, 0.29) is 24.4 Å². The van der Waals surface area contributed by atoms with Gasteiger partial charge in [-0.15, -0.1) is 12.4 Å². The topological polar surface area (TPSA) is 72.4 Å². The molecule has 1 aliphatic rings. The Balaban J connectivity index is 0.00000169. The van der Waals surface area contributed by atoms with Crippen molar-refractivity contribution < 1.29 is 4.79 Å². The van der Waals surface area contributed by atoms with Gasteiger partial charge in [0.15, 0.2) is 0 Å². The molecule has 4 N–H and O–H groups in total. The molecule has 84 valence electrons. The van der Waals surface area contributed by atoms with Gasteiger partial charge in [0.1, 0.15) is 0 Å². The van der Waals surface area contributed by atoms with Crippen LogP contribution in [0.1, 0.15) is 19.8 Å². The second-order valence-electron chi connectivity index (χ2n) is 3.79. The van der Waals surface area contributed by atoms with E-state index >= 15 is 0 Å². The summed E-state index contributed by atoms with van der Waals surface area (Å²) in [6, 6.07) is -0.366. The zero-order valence-electron chi connectivity index (χ0n) is 8.61. The number of piperidine rings is 1. The number of halogens is 1. The second kappa shape index (κ2) is 6.22. The van der Waals surface area contributed by atoms with Crippen molar-refractivity contribution in [2.45, 2.75) is 25.8 Å². The molecule has 0 aromatic carbocycles. The van der Waals surface area contributed by atoms with E-state index in [4.69, 9.17) is 11.5 Å². The second-order valence-corrected chi connectivity index (χ2v) is 3.79. The first kappa shape index (κ1) is 13.7. The lowest BCUT2D eigenvalue weighted by Gasteiger charge is -2.32. The number of amides is 1. The molecule has 1 atom stereocenters. The zero-order chi connectivity index (χ0) is 9.84. The SMILES string of the molecule is C[C@@H](N)C(=O)N1CCC(CN)CC1.Cl. The summed E-state index contributed by atoms with van der Waals surface area (Å²) in [5.41, 5.74) is 11.1. The van der Waals surface area contributed by atoms with Crippen LogP contribution in [-0.4, -0.2) is 36.5 Å². The van der Waals surface area contributed by atoms with Gasteiger partial charge in [-0.05, 0) is 32.2 Å². The monoisotopic (exact) mass is 221 g/mol. The summed E-state index contributed by atoms with van der Waals surface area (Å²) in [5.74, 6) is 0.660. The third-order valence-electron chi connectivity index (χ3n) is 2.65. The highest BCUT2D eigenvalue weighted by Gasteiger charge is 2.23. The van der Waals surface area contributed by atoms with Crippen molar-refractivity contribution in [2.75, 3.05) is 19.6 Å². The van der Waals surface area contributed by atoms with Gasteiger partial charge in [-0.25, -0.2) is 0 Å². The first-order valence-corrected chi connectivity index (χ1v) is 4.89. The van der Waals surface area contributed by atoms with Crippen LogP contribution in [0.15, 0.2) is 0 Å². The molecule has 0 unspecified atom stereocenters. The summed E-state index contributed by atoms with van der Waals surface area (Å²) >= 11 is 0. The molecule has 0 aromatic rings. The van der Waals surface area contributed by atoms with Gasteiger partial charge >= 0.3 is 0 Å². The molecule has 0 aromatic heterocycles. The highest BCUT2D eigenvalue weighted by Crippen LogP contribution is 2.15. The van der Waals surface area contributed by atoms with Gasteiger partial charge in [-0.1, -0.05) is 0 Å². The van der Waals surface area contributed by atoms with Gasteiger partial charge in [-0.2, -0.15) is 0 Å².